The first-order valence-corrected chi connectivity index (χ1v) is 7.10. The van der Waals surface area contributed by atoms with E-state index in [0.717, 1.165) is 0 Å². The van der Waals surface area contributed by atoms with Gasteiger partial charge in [0.1, 0.15) is 11.6 Å². The highest BCUT2D eigenvalue weighted by atomic mass is 19.4. The molecule has 23 heavy (non-hydrogen) atoms. The Morgan fingerprint density at radius 3 is 2.61 bits per heavy atom. The molecule has 1 heterocycles. The van der Waals surface area contributed by atoms with Crippen LogP contribution in [0.5, 0.6) is 5.75 Å². The molecule has 2 rings (SSSR count). The molecule has 1 aromatic heterocycles. The van der Waals surface area contributed by atoms with Crippen LogP contribution >= 0.6 is 0 Å². The van der Waals surface area contributed by atoms with Crippen molar-refractivity contribution in [1.82, 2.24) is 10.2 Å². The van der Waals surface area contributed by atoms with Gasteiger partial charge < -0.3 is 9.15 Å². The van der Waals surface area contributed by atoms with Crippen molar-refractivity contribution in [3.05, 3.63) is 41.4 Å². The molecule has 0 saturated carbocycles. The van der Waals surface area contributed by atoms with Crippen LogP contribution in [0.4, 0.5) is 17.6 Å². The van der Waals surface area contributed by atoms with Gasteiger partial charge in [-0.15, -0.1) is 10.2 Å². The monoisotopic (exact) mass is 332 g/mol. The van der Waals surface area contributed by atoms with Crippen LogP contribution in [0.25, 0.3) is 0 Å². The molecule has 0 aliphatic carbocycles. The minimum absolute atomic E-state index is 0.0760. The summed E-state index contributed by atoms with van der Waals surface area (Å²) >= 11 is 0. The molecule has 0 radical (unpaired) electrons. The van der Waals surface area contributed by atoms with Gasteiger partial charge in [-0.1, -0.05) is 0 Å². The van der Waals surface area contributed by atoms with E-state index in [0.29, 0.717) is 35.9 Å². The standard InChI is InChI=1S/C15H16F4N2O2/c1-10-20-21-14(23-10)6-3-11-9-12(4-5-13(11)16)22-8-2-7-15(17,18)19/h4-5,9H,2-3,6-8H2,1H3. The fourth-order valence-corrected chi connectivity index (χ4v) is 1.98. The van der Waals surface area contributed by atoms with E-state index in [2.05, 4.69) is 10.2 Å². The lowest BCUT2D eigenvalue weighted by atomic mass is 10.1. The van der Waals surface area contributed by atoms with Gasteiger partial charge in [-0.2, -0.15) is 13.2 Å². The number of aromatic nitrogens is 2. The van der Waals surface area contributed by atoms with Crippen LogP contribution in [0.15, 0.2) is 22.6 Å². The predicted molar refractivity (Wildman–Crippen MR) is 73.6 cm³/mol. The molecule has 1 aromatic carbocycles. The number of aryl methyl sites for hydroxylation is 3. The van der Waals surface area contributed by atoms with Crippen molar-refractivity contribution in [3.8, 4) is 5.75 Å². The molecule has 0 atom stereocenters. The number of alkyl halides is 3. The van der Waals surface area contributed by atoms with E-state index in [1.165, 1.54) is 18.2 Å². The Bertz CT molecular complexity index is 641. The van der Waals surface area contributed by atoms with E-state index in [1.807, 2.05) is 0 Å². The quantitative estimate of drug-likeness (QED) is 0.567. The number of ether oxygens (including phenoxy) is 1. The van der Waals surface area contributed by atoms with Gasteiger partial charge in [-0.25, -0.2) is 4.39 Å². The zero-order valence-corrected chi connectivity index (χ0v) is 12.5. The smallest absolute Gasteiger partial charge is 0.389 e. The summed E-state index contributed by atoms with van der Waals surface area (Å²) in [6.07, 6.45) is -4.54. The molecule has 126 valence electrons. The van der Waals surface area contributed by atoms with Crippen LogP contribution in [-0.2, 0) is 12.8 Å². The first-order valence-electron chi connectivity index (χ1n) is 7.10. The van der Waals surface area contributed by atoms with Crippen LogP contribution in [0.3, 0.4) is 0 Å². The van der Waals surface area contributed by atoms with Crippen molar-refractivity contribution in [3.63, 3.8) is 0 Å². The highest BCUT2D eigenvalue weighted by Crippen LogP contribution is 2.22. The normalized spacial score (nSPS) is 11.7. The Morgan fingerprint density at radius 1 is 1.17 bits per heavy atom. The largest absolute Gasteiger partial charge is 0.494 e. The van der Waals surface area contributed by atoms with Crippen LogP contribution < -0.4 is 4.74 Å². The van der Waals surface area contributed by atoms with Gasteiger partial charge in [-0.3, -0.25) is 0 Å². The fraction of sp³-hybridized carbons (Fsp3) is 0.467. The Balaban J connectivity index is 1.88. The first-order chi connectivity index (χ1) is 10.8. The molecule has 0 unspecified atom stereocenters. The molecular weight excluding hydrogens is 316 g/mol. The summed E-state index contributed by atoms with van der Waals surface area (Å²) in [5, 5.41) is 7.50. The van der Waals surface area contributed by atoms with Crippen molar-refractivity contribution in [2.75, 3.05) is 6.61 Å². The Hall–Kier alpha value is -2.12. The molecular formula is C15H16F4N2O2. The maximum absolute atomic E-state index is 13.8. The summed E-state index contributed by atoms with van der Waals surface area (Å²) in [7, 11) is 0. The van der Waals surface area contributed by atoms with Gasteiger partial charge in [0.25, 0.3) is 0 Å². The Kier molecular flexibility index (Phi) is 5.57. The lowest BCUT2D eigenvalue weighted by molar-refractivity contribution is -0.136. The second kappa shape index (κ2) is 7.43. The van der Waals surface area contributed by atoms with Gasteiger partial charge in [-0.05, 0) is 36.6 Å². The van der Waals surface area contributed by atoms with Crippen LogP contribution in [0.1, 0.15) is 30.2 Å². The van der Waals surface area contributed by atoms with Crippen molar-refractivity contribution in [2.24, 2.45) is 0 Å². The second-order valence-electron chi connectivity index (χ2n) is 5.04. The molecule has 0 aliphatic heterocycles. The number of hydrogen-bond donors (Lipinski definition) is 0. The van der Waals surface area contributed by atoms with E-state index in [9.17, 15) is 17.6 Å². The minimum Gasteiger partial charge on any atom is -0.494 e. The number of halogens is 4. The van der Waals surface area contributed by atoms with Crippen molar-refractivity contribution < 1.29 is 26.7 Å². The first kappa shape index (κ1) is 17.2. The highest BCUT2D eigenvalue weighted by Gasteiger charge is 2.26. The number of benzene rings is 1. The molecule has 4 nitrogen and oxygen atoms in total. The second-order valence-corrected chi connectivity index (χ2v) is 5.04. The highest BCUT2D eigenvalue weighted by molar-refractivity contribution is 5.30. The number of rotatable bonds is 7. The van der Waals surface area contributed by atoms with Crippen molar-refractivity contribution in [1.29, 1.82) is 0 Å². The van der Waals surface area contributed by atoms with Gasteiger partial charge in [0.15, 0.2) is 0 Å². The third-order valence-corrected chi connectivity index (χ3v) is 3.07. The molecule has 0 spiro atoms. The average molecular weight is 332 g/mol. The fourth-order valence-electron chi connectivity index (χ4n) is 1.98. The van der Waals surface area contributed by atoms with Gasteiger partial charge in [0.2, 0.25) is 11.8 Å². The molecule has 2 aromatic rings. The SMILES string of the molecule is Cc1nnc(CCc2cc(OCCCC(F)(F)F)ccc2F)o1. The molecule has 0 amide bonds. The zero-order chi connectivity index (χ0) is 16.9. The van der Waals surface area contributed by atoms with Gasteiger partial charge >= 0.3 is 6.18 Å². The lowest BCUT2D eigenvalue weighted by Gasteiger charge is -2.10. The third kappa shape index (κ3) is 5.88. The molecule has 0 saturated heterocycles. The Labute approximate surface area is 130 Å². The maximum atomic E-state index is 13.8. The van der Waals surface area contributed by atoms with Gasteiger partial charge in [0, 0.05) is 19.8 Å². The van der Waals surface area contributed by atoms with Crippen LogP contribution in [0, 0.1) is 12.7 Å². The summed E-state index contributed by atoms with van der Waals surface area (Å²) in [5.74, 6) is 0.759. The van der Waals surface area contributed by atoms with E-state index < -0.39 is 18.4 Å². The number of hydrogen-bond acceptors (Lipinski definition) is 4. The average Bonchev–Trinajstić information content (AvgIpc) is 2.88. The molecule has 8 heteroatoms. The minimum atomic E-state index is -4.19. The van der Waals surface area contributed by atoms with E-state index in [4.69, 9.17) is 9.15 Å². The number of nitrogens with zero attached hydrogens (tertiary/aromatic N) is 2. The summed E-state index contributed by atoms with van der Waals surface area (Å²) in [4.78, 5) is 0. The zero-order valence-electron chi connectivity index (χ0n) is 12.5. The topological polar surface area (TPSA) is 48.2 Å². The summed E-state index contributed by atoms with van der Waals surface area (Å²) in [5.41, 5.74) is 0.383. The van der Waals surface area contributed by atoms with E-state index >= 15 is 0 Å². The van der Waals surface area contributed by atoms with Crippen LogP contribution in [0.2, 0.25) is 0 Å². The Morgan fingerprint density at radius 2 is 1.96 bits per heavy atom. The summed E-state index contributed by atoms with van der Waals surface area (Å²) < 4.78 is 60.3. The maximum Gasteiger partial charge on any atom is 0.389 e. The van der Waals surface area contributed by atoms with Crippen LogP contribution in [-0.4, -0.2) is 23.0 Å². The predicted octanol–water partition coefficient (Wildman–Crippen LogP) is 4.02. The van der Waals surface area contributed by atoms with Crippen molar-refractivity contribution in [2.45, 2.75) is 38.8 Å². The molecule has 0 fully saturated rings. The lowest BCUT2D eigenvalue weighted by Crippen LogP contribution is -2.09. The van der Waals surface area contributed by atoms with Gasteiger partial charge in [0.05, 0.1) is 6.61 Å². The van der Waals surface area contributed by atoms with E-state index in [-0.39, 0.29) is 13.0 Å². The molecule has 0 N–H and O–H groups in total. The van der Waals surface area contributed by atoms with E-state index in [1.54, 1.807) is 6.92 Å². The summed E-state index contributed by atoms with van der Waals surface area (Å²) in [6.45, 7) is 1.58. The third-order valence-electron chi connectivity index (χ3n) is 3.07. The summed E-state index contributed by atoms with van der Waals surface area (Å²) in [6, 6.07) is 4.10. The molecule has 0 bridgehead atoms. The van der Waals surface area contributed by atoms with Crippen molar-refractivity contribution >= 4 is 0 Å². The molecule has 0 aliphatic rings.